The van der Waals surface area contributed by atoms with Gasteiger partial charge in [0.05, 0.1) is 14.2 Å². The number of rotatable bonds is 3. The maximum atomic E-state index is 12.1. The van der Waals surface area contributed by atoms with Gasteiger partial charge in [-0.3, -0.25) is 0 Å². The third kappa shape index (κ3) is 4.41. The molecule has 0 spiro atoms. The maximum Gasteiger partial charge on any atom is 0.410 e. The molecule has 0 aliphatic carbocycles. The fourth-order valence-corrected chi connectivity index (χ4v) is 2.46. The van der Waals surface area contributed by atoms with Crippen molar-refractivity contribution < 1.29 is 19.0 Å². The Morgan fingerprint density at radius 2 is 1.83 bits per heavy atom. The Balaban J connectivity index is 2.08. The van der Waals surface area contributed by atoms with Crippen LogP contribution >= 0.6 is 0 Å². The first-order valence-electron chi connectivity index (χ1n) is 7.73. The molecule has 1 aromatic carbocycles. The predicted octanol–water partition coefficient (Wildman–Crippen LogP) is 3.73. The van der Waals surface area contributed by atoms with Gasteiger partial charge in [-0.25, -0.2) is 4.79 Å². The van der Waals surface area contributed by atoms with Gasteiger partial charge in [-0.05, 0) is 50.5 Å². The van der Waals surface area contributed by atoms with Crippen molar-refractivity contribution in [2.24, 2.45) is 0 Å². The van der Waals surface area contributed by atoms with E-state index in [0.29, 0.717) is 24.6 Å². The van der Waals surface area contributed by atoms with Crippen molar-refractivity contribution in [3.8, 4) is 11.5 Å². The molecule has 0 saturated heterocycles. The molecular weight excluding hydrogens is 294 g/mol. The smallest absolute Gasteiger partial charge is 0.410 e. The van der Waals surface area contributed by atoms with Crippen LogP contribution in [-0.2, 0) is 4.74 Å². The fourth-order valence-electron chi connectivity index (χ4n) is 2.46. The van der Waals surface area contributed by atoms with E-state index in [2.05, 4.69) is 6.08 Å². The maximum absolute atomic E-state index is 12.1. The number of carbonyl (C=O) groups is 1. The topological polar surface area (TPSA) is 48.0 Å². The number of carbonyl (C=O) groups excluding carboxylic acids is 1. The lowest BCUT2D eigenvalue weighted by Gasteiger charge is -2.29. The van der Waals surface area contributed by atoms with E-state index in [1.165, 1.54) is 5.57 Å². The third-order valence-electron chi connectivity index (χ3n) is 3.62. The van der Waals surface area contributed by atoms with Gasteiger partial charge in [-0.2, -0.15) is 0 Å². The van der Waals surface area contributed by atoms with Crippen LogP contribution < -0.4 is 9.47 Å². The molecule has 0 atom stereocenters. The lowest BCUT2D eigenvalue weighted by Crippen LogP contribution is -2.39. The van der Waals surface area contributed by atoms with Crippen molar-refractivity contribution in [2.45, 2.75) is 32.8 Å². The normalized spacial score (nSPS) is 15.0. The van der Waals surface area contributed by atoms with Crippen LogP contribution in [0, 0.1) is 0 Å². The SMILES string of the molecule is COc1ccc(C2=CCN(C(=O)OC(C)(C)C)CC2)cc1OC. The fraction of sp³-hybridized carbons (Fsp3) is 0.500. The van der Waals surface area contributed by atoms with Crippen LogP contribution in [0.1, 0.15) is 32.8 Å². The van der Waals surface area contributed by atoms with Crippen molar-refractivity contribution in [2.75, 3.05) is 27.3 Å². The van der Waals surface area contributed by atoms with Crippen LogP contribution in [0.2, 0.25) is 0 Å². The van der Waals surface area contributed by atoms with Gasteiger partial charge in [0.15, 0.2) is 11.5 Å². The number of ether oxygens (including phenoxy) is 3. The van der Waals surface area contributed by atoms with E-state index in [-0.39, 0.29) is 6.09 Å². The molecule has 126 valence electrons. The van der Waals surface area contributed by atoms with E-state index in [9.17, 15) is 4.79 Å². The second-order valence-corrected chi connectivity index (χ2v) is 6.48. The van der Waals surface area contributed by atoms with Crippen LogP contribution in [0.4, 0.5) is 4.79 Å². The minimum absolute atomic E-state index is 0.264. The number of benzene rings is 1. The zero-order valence-electron chi connectivity index (χ0n) is 14.5. The van der Waals surface area contributed by atoms with E-state index >= 15 is 0 Å². The molecule has 5 nitrogen and oxygen atoms in total. The summed E-state index contributed by atoms with van der Waals surface area (Å²) in [6.45, 7) is 6.83. The largest absolute Gasteiger partial charge is 0.493 e. The molecule has 0 radical (unpaired) electrons. The average molecular weight is 319 g/mol. The Morgan fingerprint density at radius 1 is 1.13 bits per heavy atom. The quantitative estimate of drug-likeness (QED) is 0.852. The summed E-state index contributed by atoms with van der Waals surface area (Å²) in [5.41, 5.74) is 1.82. The Hall–Kier alpha value is -2.17. The number of methoxy groups -OCH3 is 2. The Bertz CT molecular complexity index is 602. The first-order valence-corrected chi connectivity index (χ1v) is 7.73. The molecule has 0 fully saturated rings. The summed E-state index contributed by atoms with van der Waals surface area (Å²) >= 11 is 0. The Kier molecular flexibility index (Phi) is 5.19. The van der Waals surface area contributed by atoms with Gasteiger partial charge in [0.1, 0.15) is 5.60 Å². The van der Waals surface area contributed by atoms with Crippen molar-refractivity contribution in [1.82, 2.24) is 4.90 Å². The van der Waals surface area contributed by atoms with E-state index in [1.807, 2.05) is 39.0 Å². The molecule has 1 heterocycles. The molecule has 5 heteroatoms. The molecule has 0 aromatic heterocycles. The van der Waals surface area contributed by atoms with E-state index in [1.54, 1.807) is 19.1 Å². The average Bonchev–Trinajstić information content (AvgIpc) is 2.52. The van der Waals surface area contributed by atoms with Crippen molar-refractivity contribution in [3.63, 3.8) is 0 Å². The molecule has 1 aromatic rings. The number of hydrogen-bond donors (Lipinski definition) is 0. The molecular formula is C18H25NO4. The van der Waals surface area contributed by atoms with Crippen LogP contribution in [0.25, 0.3) is 5.57 Å². The minimum Gasteiger partial charge on any atom is -0.493 e. The summed E-state index contributed by atoms with van der Waals surface area (Å²) in [5, 5.41) is 0. The van der Waals surface area contributed by atoms with E-state index in [4.69, 9.17) is 14.2 Å². The van der Waals surface area contributed by atoms with E-state index in [0.717, 1.165) is 12.0 Å². The second kappa shape index (κ2) is 6.94. The van der Waals surface area contributed by atoms with Gasteiger partial charge in [0, 0.05) is 13.1 Å². The van der Waals surface area contributed by atoms with Gasteiger partial charge in [0.25, 0.3) is 0 Å². The van der Waals surface area contributed by atoms with Crippen LogP contribution in [-0.4, -0.2) is 43.9 Å². The molecule has 0 unspecified atom stereocenters. The number of nitrogens with zero attached hydrogens (tertiary/aromatic N) is 1. The van der Waals surface area contributed by atoms with Gasteiger partial charge in [0.2, 0.25) is 0 Å². The summed E-state index contributed by atoms with van der Waals surface area (Å²) in [4.78, 5) is 13.8. The van der Waals surface area contributed by atoms with Crippen LogP contribution in [0.3, 0.4) is 0 Å². The first kappa shape index (κ1) is 17.2. The van der Waals surface area contributed by atoms with Crippen molar-refractivity contribution in [3.05, 3.63) is 29.8 Å². The number of amides is 1. The summed E-state index contributed by atoms with van der Waals surface area (Å²) in [5.74, 6) is 1.42. The highest BCUT2D eigenvalue weighted by atomic mass is 16.6. The van der Waals surface area contributed by atoms with Gasteiger partial charge >= 0.3 is 6.09 Å². The van der Waals surface area contributed by atoms with Gasteiger partial charge in [-0.15, -0.1) is 0 Å². The predicted molar refractivity (Wildman–Crippen MR) is 89.9 cm³/mol. The lowest BCUT2D eigenvalue weighted by molar-refractivity contribution is 0.0270. The molecule has 1 aliphatic heterocycles. The molecule has 23 heavy (non-hydrogen) atoms. The lowest BCUT2D eigenvalue weighted by atomic mass is 9.99. The third-order valence-corrected chi connectivity index (χ3v) is 3.62. The van der Waals surface area contributed by atoms with E-state index < -0.39 is 5.60 Å². The molecule has 0 bridgehead atoms. The highest BCUT2D eigenvalue weighted by molar-refractivity contribution is 5.73. The van der Waals surface area contributed by atoms with Crippen molar-refractivity contribution in [1.29, 1.82) is 0 Å². The number of hydrogen-bond acceptors (Lipinski definition) is 4. The molecule has 1 amide bonds. The highest BCUT2D eigenvalue weighted by Gasteiger charge is 2.24. The molecule has 2 rings (SSSR count). The summed E-state index contributed by atoms with van der Waals surface area (Å²) in [6, 6.07) is 5.87. The summed E-state index contributed by atoms with van der Waals surface area (Å²) in [6.07, 6.45) is 2.59. The van der Waals surface area contributed by atoms with Gasteiger partial charge in [-0.1, -0.05) is 12.1 Å². The summed E-state index contributed by atoms with van der Waals surface area (Å²) < 4.78 is 16.0. The molecule has 0 saturated carbocycles. The minimum atomic E-state index is -0.468. The monoisotopic (exact) mass is 319 g/mol. The van der Waals surface area contributed by atoms with Crippen LogP contribution in [0.5, 0.6) is 11.5 Å². The Labute approximate surface area is 137 Å². The standard InChI is InChI=1S/C18H25NO4/c1-18(2,3)23-17(20)19-10-8-13(9-11-19)14-6-7-15(21-4)16(12-14)22-5/h6-8,12H,9-11H2,1-5H3. The zero-order chi connectivity index (χ0) is 17.0. The molecule has 0 N–H and O–H groups in total. The molecule has 1 aliphatic rings. The summed E-state index contributed by atoms with van der Waals surface area (Å²) in [7, 11) is 3.25. The first-order chi connectivity index (χ1) is 10.8. The van der Waals surface area contributed by atoms with Crippen molar-refractivity contribution >= 4 is 11.7 Å². The highest BCUT2D eigenvalue weighted by Crippen LogP contribution is 2.32. The van der Waals surface area contributed by atoms with Crippen LogP contribution in [0.15, 0.2) is 24.3 Å². The zero-order valence-corrected chi connectivity index (χ0v) is 14.5. The second-order valence-electron chi connectivity index (χ2n) is 6.48. The van der Waals surface area contributed by atoms with Gasteiger partial charge < -0.3 is 19.1 Å². The Morgan fingerprint density at radius 3 is 2.35 bits per heavy atom.